The van der Waals surface area contributed by atoms with E-state index >= 15 is 0 Å². The lowest BCUT2D eigenvalue weighted by Gasteiger charge is -2.34. The number of amides is 2. The van der Waals surface area contributed by atoms with Gasteiger partial charge in [0.1, 0.15) is 18.3 Å². The van der Waals surface area contributed by atoms with Crippen molar-refractivity contribution in [1.82, 2.24) is 10.2 Å². The van der Waals surface area contributed by atoms with Gasteiger partial charge in [-0.15, -0.1) is 0 Å². The van der Waals surface area contributed by atoms with Crippen LogP contribution in [0.25, 0.3) is 0 Å². The van der Waals surface area contributed by atoms with Crippen LogP contribution in [0.3, 0.4) is 0 Å². The molecule has 0 spiro atoms. The summed E-state index contributed by atoms with van der Waals surface area (Å²) < 4.78 is 35.2. The van der Waals surface area contributed by atoms with E-state index in [4.69, 9.17) is 27.9 Å². The molecule has 0 saturated carbocycles. The molecular formula is C36H39Cl2N3O5S. The van der Waals surface area contributed by atoms with Crippen molar-refractivity contribution in [2.45, 2.75) is 57.1 Å². The second-order valence-corrected chi connectivity index (χ2v) is 14.0. The Hall–Kier alpha value is -4.05. The molecule has 0 bridgehead atoms. The highest BCUT2D eigenvalue weighted by molar-refractivity contribution is 7.92. The summed E-state index contributed by atoms with van der Waals surface area (Å²) in [7, 11) is -2.92. The zero-order valence-corrected chi connectivity index (χ0v) is 29.1. The molecule has 4 aromatic carbocycles. The van der Waals surface area contributed by atoms with Crippen molar-refractivity contribution in [2.75, 3.05) is 18.0 Å². The quantitative estimate of drug-likeness (QED) is 0.152. The molecule has 1 N–H and O–H groups in total. The number of nitrogens with one attached hydrogen (secondary N) is 1. The monoisotopic (exact) mass is 695 g/mol. The fourth-order valence-corrected chi connectivity index (χ4v) is 6.70. The lowest BCUT2D eigenvalue weighted by molar-refractivity contribution is -0.140. The molecule has 0 fully saturated rings. The molecule has 0 aliphatic heterocycles. The van der Waals surface area contributed by atoms with Gasteiger partial charge in [0.2, 0.25) is 11.8 Å². The van der Waals surface area contributed by atoms with Gasteiger partial charge in [0.05, 0.1) is 17.7 Å². The average Bonchev–Trinajstić information content (AvgIpc) is 3.06. The summed E-state index contributed by atoms with van der Waals surface area (Å²) in [6.07, 6.45) is 0.889. The number of anilines is 1. The molecule has 8 nitrogen and oxygen atoms in total. The minimum Gasteiger partial charge on any atom is -0.495 e. The molecule has 47 heavy (non-hydrogen) atoms. The Labute approximate surface area is 287 Å². The van der Waals surface area contributed by atoms with Gasteiger partial charge >= 0.3 is 0 Å². The zero-order valence-electron chi connectivity index (χ0n) is 26.8. The van der Waals surface area contributed by atoms with Crippen molar-refractivity contribution in [2.24, 2.45) is 0 Å². The molecule has 2 atom stereocenters. The largest absolute Gasteiger partial charge is 0.495 e. The molecule has 4 aromatic rings. The summed E-state index contributed by atoms with van der Waals surface area (Å²) in [6, 6.07) is 26.1. The van der Waals surface area contributed by atoms with Crippen molar-refractivity contribution in [3.63, 3.8) is 0 Å². The van der Waals surface area contributed by atoms with Crippen LogP contribution in [-0.2, 0) is 32.6 Å². The van der Waals surface area contributed by atoms with Gasteiger partial charge in [0, 0.05) is 29.1 Å². The molecule has 11 heteroatoms. The standard InChI is InChI=1S/C36H39Cl2N3O5S/c1-5-26(3)39-36(43)33(21-27-9-7-6-8-10-27)40(23-28-13-15-29(37)16-14-28)35(42)24-41(32-22-30(38)17-20-34(32)46-4)47(44,45)31-18-11-25(2)12-19-31/h6-20,22,26,33H,5,21,23-24H2,1-4H3,(H,39,43). The van der Waals surface area contributed by atoms with E-state index in [0.717, 1.165) is 15.4 Å². The van der Waals surface area contributed by atoms with Gasteiger partial charge in [0.15, 0.2) is 0 Å². The maximum absolute atomic E-state index is 14.6. The van der Waals surface area contributed by atoms with Crippen LogP contribution in [0.4, 0.5) is 5.69 Å². The predicted octanol–water partition coefficient (Wildman–Crippen LogP) is 7.06. The molecule has 0 heterocycles. The van der Waals surface area contributed by atoms with E-state index in [-0.39, 0.29) is 46.3 Å². The van der Waals surface area contributed by atoms with Crippen molar-refractivity contribution < 1.29 is 22.7 Å². The maximum Gasteiger partial charge on any atom is 0.264 e. The number of carbonyl (C=O) groups is 2. The number of sulfonamides is 1. The van der Waals surface area contributed by atoms with Crippen molar-refractivity contribution in [3.8, 4) is 5.75 Å². The van der Waals surface area contributed by atoms with E-state index in [9.17, 15) is 18.0 Å². The zero-order chi connectivity index (χ0) is 34.1. The topological polar surface area (TPSA) is 96.0 Å². The van der Waals surface area contributed by atoms with E-state index < -0.39 is 28.5 Å². The van der Waals surface area contributed by atoms with Gasteiger partial charge < -0.3 is 15.0 Å². The third kappa shape index (κ3) is 9.28. The van der Waals surface area contributed by atoms with Gasteiger partial charge in [-0.1, -0.05) is 90.3 Å². The third-order valence-electron chi connectivity index (χ3n) is 7.84. The number of ether oxygens (including phenoxy) is 1. The van der Waals surface area contributed by atoms with Crippen LogP contribution in [0.2, 0.25) is 10.0 Å². The summed E-state index contributed by atoms with van der Waals surface area (Å²) in [5, 5.41) is 3.80. The summed E-state index contributed by atoms with van der Waals surface area (Å²) >= 11 is 12.5. The van der Waals surface area contributed by atoms with Crippen LogP contribution < -0.4 is 14.4 Å². The second kappa shape index (κ2) is 16.2. The van der Waals surface area contributed by atoms with Crippen molar-refractivity contribution in [3.05, 3.63) is 124 Å². The second-order valence-electron chi connectivity index (χ2n) is 11.3. The van der Waals surface area contributed by atoms with Gasteiger partial charge in [-0.3, -0.25) is 13.9 Å². The predicted molar refractivity (Wildman–Crippen MR) is 188 cm³/mol. The minimum atomic E-state index is -4.33. The number of aryl methyl sites for hydroxylation is 1. The third-order valence-corrected chi connectivity index (χ3v) is 10.1. The molecule has 0 aromatic heterocycles. The minimum absolute atomic E-state index is 0.0162. The first-order valence-electron chi connectivity index (χ1n) is 15.2. The molecule has 0 saturated heterocycles. The Bertz CT molecular complexity index is 1770. The van der Waals surface area contributed by atoms with Crippen molar-refractivity contribution in [1.29, 1.82) is 0 Å². The highest BCUT2D eigenvalue weighted by Gasteiger charge is 2.36. The molecule has 0 radical (unpaired) electrons. The Morgan fingerprint density at radius 1 is 0.872 bits per heavy atom. The highest BCUT2D eigenvalue weighted by Crippen LogP contribution is 2.35. The van der Waals surface area contributed by atoms with E-state index in [0.29, 0.717) is 17.0 Å². The Morgan fingerprint density at radius 3 is 2.13 bits per heavy atom. The van der Waals surface area contributed by atoms with E-state index in [2.05, 4.69) is 5.32 Å². The van der Waals surface area contributed by atoms with E-state index in [1.165, 1.54) is 30.2 Å². The number of rotatable bonds is 14. The van der Waals surface area contributed by atoms with Crippen LogP contribution in [0.15, 0.2) is 102 Å². The first kappa shape index (κ1) is 35.8. The van der Waals surface area contributed by atoms with Gasteiger partial charge in [-0.25, -0.2) is 8.42 Å². The van der Waals surface area contributed by atoms with Crippen LogP contribution in [0, 0.1) is 6.92 Å². The molecule has 2 unspecified atom stereocenters. The molecule has 248 valence electrons. The summed E-state index contributed by atoms with van der Waals surface area (Å²) in [5.74, 6) is -0.742. The number of methoxy groups -OCH3 is 1. The SMILES string of the molecule is CCC(C)NC(=O)C(Cc1ccccc1)N(Cc1ccc(Cl)cc1)C(=O)CN(c1cc(Cl)ccc1OC)S(=O)(=O)c1ccc(C)cc1. The van der Waals surface area contributed by atoms with E-state index in [1.54, 1.807) is 48.5 Å². The number of benzene rings is 4. The van der Waals surface area contributed by atoms with Gasteiger partial charge in [0.25, 0.3) is 10.0 Å². The summed E-state index contributed by atoms with van der Waals surface area (Å²) in [4.78, 5) is 30.0. The van der Waals surface area contributed by atoms with Crippen LogP contribution >= 0.6 is 23.2 Å². The first-order chi connectivity index (χ1) is 22.4. The van der Waals surface area contributed by atoms with Crippen molar-refractivity contribution >= 4 is 50.7 Å². The lowest BCUT2D eigenvalue weighted by Crippen LogP contribution is -2.54. The molecule has 4 rings (SSSR count). The maximum atomic E-state index is 14.6. The lowest BCUT2D eigenvalue weighted by atomic mass is 10.0. The number of carbonyl (C=O) groups excluding carboxylic acids is 2. The molecule has 0 aliphatic rings. The molecule has 0 aliphatic carbocycles. The fourth-order valence-electron chi connectivity index (χ4n) is 4.99. The first-order valence-corrected chi connectivity index (χ1v) is 17.4. The van der Waals surface area contributed by atoms with E-state index in [1.807, 2.05) is 51.1 Å². The van der Waals surface area contributed by atoms with Gasteiger partial charge in [-0.05, 0) is 73.9 Å². The summed E-state index contributed by atoms with van der Waals surface area (Å²) in [6.45, 7) is 5.09. The molecular weight excluding hydrogens is 657 g/mol. The Balaban J connectivity index is 1.85. The highest BCUT2D eigenvalue weighted by atomic mass is 35.5. The van der Waals surface area contributed by atoms with Crippen LogP contribution in [0.5, 0.6) is 5.75 Å². The number of nitrogens with zero attached hydrogens (tertiary/aromatic N) is 2. The Morgan fingerprint density at radius 2 is 1.51 bits per heavy atom. The average molecular weight is 697 g/mol. The Kier molecular flexibility index (Phi) is 12.3. The molecule has 2 amide bonds. The van der Waals surface area contributed by atoms with Gasteiger partial charge in [-0.2, -0.15) is 0 Å². The number of hydrogen-bond acceptors (Lipinski definition) is 5. The number of halogens is 2. The number of hydrogen-bond donors (Lipinski definition) is 1. The smallest absolute Gasteiger partial charge is 0.264 e. The van der Waals surface area contributed by atoms with Crippen LogP contribution in [0.1, 0.15) is 37.0 Å². The van der Waals surface area contributed by atoms with Crippen LogP contribution in [-0.4, -0.2) is 50.9 Å². The summed E-state index contributed by atoms with van der Waals surface area (Å²) in [5.41, 5.74) is 2.51. The normalized spacial score (nSPS) is 12.6. The fraction of sp³-hybridized carbons (Fsp3) is 0.278.